The molecule has 30 heavy (non-hydrogen) atoms. The molecule has 3 aromatic heterocycles. The molecule has 5 heterocycles. The molecule has 0 aliphatic carbocycles. The Labute approximate surface area is 175 Å². The van der Waals surface area contributed by atoms with Crippen molar-refractivity contribution in [1.82, 2.24) is 19.3 Å². The zero-order valence-electron chi connectivity index (χ0n) is 17.2. The first-order chi connectivity index (χ1) is 14.6. The van der Waals surface area contributed by atoms with E-state index in [-0.39, 0.29) is 23.7 Å². The van der Waals surface area contributed by atoms with Crippen LogP contribution in [-0.2, 0) is 11.2 Å². The standard InChI is InChI=1S/C23H26FN5O/c1-16-5-7-21(26-14-16)27-11-12-28-18(15-27)13-17(23(28)30)3-2-4-20-19(24)6-8-22-25-9-10-29(20)22/h5-10,14,17-18H,2-4,11-13,15H2,1H3/t17?,18-/m0/s1. The molecule has 156 valence electrons. The maximum absolute atomic E-state index is 14.3. The van der Waals surface area contributed by atoms with Gasteiger partial charge in [0.05, 0.1) is 11.7 Å². The molecule has 0 radical (unpaired) electrons. The Hall–Kier alpha value is -2.96. The number of amides is 1. The van der Waals surface area contributed by atoms with Crippen LogP contribution in [0.1, 0.15) is 30.5 Å². The Balaban J connectivity index is 1.21. The monoisotopic (exact) mass is 407 g/mol. The van der Waals surface area contributed by atoms with Gasteiger partial charge in [0.25, 0.3) is 0 Å². The van der Waals surface area contributed by atoms with E-state index in [9.17, 15) is 9.18 Å². The van der Waals surface area contributed by atoms with Crippen LogP contribution >= 0.6 is 0 Å². The Morgan fingerprint density at radius 3 is 2.90 bits per heavy atom. The van der Waals surface area contributed by atoms with Crippen LogP contribution < -0.4 is 4.90 Å². The van der Waals surface area contributed by atoms with Gasteiger partial charge in [-0.1, -0.05) is 6.07 Å². The number of rotatable bonds is 5. The molecular weight excluding hydrogens is 381 g/mol. The third kappa shape index (κ3) is 3.42. The van der Waals surface area contributed by atoms with Crippen LogP contribution in [0.5, 0.6) is 0 Å². The van der Waals surface area contributed by atoms with Gasteiger partial charge in [-0.3, -0.25) is 4.79 Å². The number of anilines is 1. The number of imidazole rings is 1. The van der Waals surface area contributed by atoms with Gasteiger partial charge >= 0.3 is 0 Å². The summed E-state index contributed by atoms with van der Waals surface area (Å²) in [5.74, 6) is 1.07. The number of nitrogens with zero attached hydrogens (tertiary/aromatic N) is 5. The lowest BCUT2D eigenvalue weighted by atomic mass is 9.97. The SMILES string of the molecule is Cc1ccc(N2CCN3C(=O)C(CCCc4c(F)ccc5nccn45)C[C@H]3C2)nc1. The Morgan fingerprint density at radius 1 is 1.17 bits per heavy atom. The maximum Gasteiger partial charge on any atom is 0.226 e. The topological polar surface area (TPSA) is 53.7 Å². The van der Waals surface area contributed by atoms with Gasteiger partial charge in [0, 0.05) is 44.1 Å². The number of fused-ring (bicyclic) bond motifs is 2. The molecule has 0 aromatic carbocycles. The molecule has 2 aliphatic rings. The molecule has 0 spiro atoms. The highest BCUT2D eigenvalue weighted by molar-refractivity contribution is 5.82. The maximum atomic E-state index is 14.3. The summed E-state index contributed by atoms with van der Waals surface area (Å²) in [6.45, 7) is 4.44. The lowest BCUT2D eigenvalue weighted by Gasteiger charge is -2.38. The number of piperazine rings is 1. The highest BCUT2D eigenvalue weighted by atomic mass is 19.1. The number of aromatic nitrogens is 3. The molecule has 1 unspecified atom stereocenters. The normalized spacial score (nSPS) is 21.5. The van der Waals surface area contributed by atoms with Crippen molar-refractivity contribution in [3.63, 3.8) is 0 Å². The van der Waals surface area contributed by atoms with E-state index >= 15 is 0 Å². The number of hydrogen-bond donors (Lipinski definition) is 0. The highest BCUT2D eigenvalue weighted by Crippen LogP contribution is 2.32. The zero-order chi connectivity index (χ0) is 20.7. The molecule has 2 saturated heterocycles. The van der Waals surface area contributed by atoms with Crippen LogP contribution in [0.15, 0.2) is 42.9 Å². The number of carbonyl (C=O) groups is 1. The number of aryl methyl sites for hydroxylation is 2. The first-order valence-corrected chi connectivity index (χ1v) is 10.7. The predicted molar refractivity (Wildman–Crippen MR) is 113 cm³/mol. The number of hydrogen-bond acceptors (Lipinski definition) is 4. The summed E-state index contributed by atoms with van der Waals surface area (Å²) in [7, 11) is 0. The van der Waals surface area contributed by atoms with Crippen molar-refractivity contribution in [2.75, 3.05) is 24.5 Å². The summed E-state index contributed by atoms with van der Waals surface area (Å²) in [6.07, 6.45) is 8.43. The second kappa shape index (κ2) is 7.70. The van der Waals surface area contributed by atoms with E-state index in [0.717, 1.165) is 55.9 Å². The van der Waals surface area contributed by atoms with E-state index in [1.165, 1.54) is 6.07 Å². The average Bonchev–Trinajstić information content (AvgIpc) is 3.35. The van der Waals surface area contributed by atoms with Gasteiger partial charge in [0.15, 0.2) is 0 Å². The van der Waals surface area contributed by atoms with Crippen molar-refractivity contribution in [2.45, 2.75) is 38.6 Å². The van der Waals surface area contributed by atoms with Gasteiger partial charge in [0.1, 0.15) is 17.3 Å². The molecule has 5 rings (SSSR count). The smallest absolute Gasteiger partial charge is 0.226 e. The van der Waals surface area contributed by atoms with Crippen molar-refractivity contribution in [3.8, 4) is 0 Å². The fraction of sp³-hybridized carbons (Fsp3) is 0.435. The largest absolute Gasteiger partial charge is 0.353 e. The van der Waals surface area contributed by atoms with Crippen LogP contribution in [0, 0.1) is 18.7 Å². The van der Waals surface area contributed by atoms with Crippen molar-refractivity contribution < 1.29 is 9.18 Å². The molecule has 3 aromatic rings. The number of halogens is 1. The Kier molecular flexibility index (Phi) is 4.89. The summed E-state index contributed by atoms with van der Waals surface area (Å²) < 4.78 is 16.1. The van der Waals surface area contributed by atoms with E-state index in [1.807, 2.05) is 22.4 Å². The molecule has 2 atom stereocenters. The zero-order valence-corrected chi connectivity index (χ0v) is 17.2. The Morgan fingerprint density at radius 2 is 2.07 bits per heavy atom. The first kappa shape index (κ1) is 19.0. The second-order valence-electron chi connectivity index (χ2n) is 8.43. The van der Waals surface area contributed by atoms with Crippen LogP contribution in [0.2, 0.25) is 0 Å². The van der Waals surface area contributed by atoms with E-state index < -0.39 is 0 Å². The lowest BCUT2D eigenvalue weighted by molar-refractivity contribution is -0.132. The van der Waals surface area contributed by atoms with E-state index in [2.05, 4.69) is 27.0 Å². The van der Waals surface area contributed by atoms with Crippen LogP contribution in [0.3, 0.4) is 0 Å². The minimum Gasteiger partial charge on any atom is -0.353 e. The van der Waals surface area contributed by atoms with Gasteiger partial charge in [-0.15, -0.1) is 0 Å². The summed E-state index contributed by atoms with van der Waals surface area (Å²) in [6, 6.07) is 7.55. The van der Waals surface area contributed by atoms with Crippen LogP contribution in [0.25, 0.3) is 5.65 Å². The van der Waals surface area contributed by atoms with Crippen molar-refractivity contribution in [1.29, 1.82) is 0 Å². The predicted octanol–water partition coefficient (Wildman–Crippen LogP) is 3.24. The quantitative estimate of drug-likeness (QED) is 0.652. The van der Waals surface area contributed by atoms with Gasteiger partial charge in [0.2, 0.25) is 5.91 Å². The van der Waals surface area contributed by atoms with Gasteiger partial charge in [-0.2, -0.15) is 0 Å². The van der Waals surface area contributed by atoms with E-state index in [4.69, 9.17) is 0 Å². The molecule has 2 aliphatic heterocycles. The van der Waals surface area contributed by atoms with Crippen LogP contribution in [-0.4, -0.2) is 50.9 Å². The van der Waals surface area contributed by atoms with Crippen molar-refractivity contribution in [3.05, 3.63) is 59.9 Å². The first-order valence-electron chi connectivity index (χ1n) is 10.7. The molecule has 6 nitrogen and oxygen atoms in total. The molecule has 0 saturated carbocycles. The fourth-order valence-electron chi connectivity index (χ4n) is 4.89. The van der Waals surface area contributed by atoms with Gasteiger partial charge in [-0.25, -0.2) is 14.4 Å². The molecule has 7 heteroatoms. The molecule has 0 N–H and O–H groups in total. The van der Waals surface area contributed by atoms with Crippen molar-refractivity contribution in [2.24, 2.45) is 5.92 Å². The minimum absolute atomic E-state index is 0.0333. The third-order valence-electron chi connectivity index (χ3n) is 6.47. The molecule has 1 amide bonds. The molecular formula is C23H26FN5O. The lowest BCUT2D eigenvalue weighted by Crippen LogP contribution is -2.51. The van der Waals surface area contributed by atoms with Gasteiger partial charge in [-0.05, 0) is 56.4 Å². The number of pyridine rings is 2. The minimum atomic E-state index is -0.211. The number of carbonyl (C=O) groups excluding carboxylic acids is 1. The Bertz CT molecular complexity index is 1060. The summed E-state index contributed by atoms with van der Waals surface area (Å²) in [4.78, 5) is 26.0. The summed E-state index contributed by atoms with van der Waals surface area (Å²) in [5, 5.41) is 0. The highest BCUT2D eigenvalue weighted by Gasteiger charge is 2.42. The fourth-order valence-corrected chi connectivity index (χ4v) is 4.89. The third-order valence-corrected chi connectivity index (χ3v) is 6.47. The molecule has 2 fully saturated rings. The van der Waals surface area contributed by atoms with Gasteiger partial charge < -0.3 is 14.2 Å². The van der Waals surface area contributed by atoms with Crippen molar-refractivity contribution >= 4 is 17.4 Å². The molecule has 0 bridgehead atoms. The van der Waals surface area contributed by atoms with E-state index in [0.29, 0.717) is 12.1 Å². The van der Waals surface area contributed by atoms with E-state index in [1.54, 1.807) is 18.5 Å². The summed E-state index contributed by atoms with van der Waals surface area (Å²) >= 11 is 0. The van der Waals surface area contributed by atoms with Crippen LogP contribution in [0.4, 0.5) is 10.2 Å². The average molecular weight is 407 g/mol. The second-order valence-corrected chi connectivity index (χ2v) is 8.43. The summed E-state index contributed by atoms with van der Waals surface area (Å²) in [5.41, 5.74) is 2.55.